The molecule has 0 spiro atoms. The molecule has 0 saturated heterocycles. The van der Waals surface area contributed by atoms with Gasteiger partial charge in [-0.05, 0) is 37.1 Å². The molecule has 1 aromatic heterocycles. The molecule has 1 aliphatic heterocycles. The molecular formula is C18H17Cl2N3. The van der Waals surface area contributed by atoms with Crippen molar-refractivity contribution in [2.45, 2.75) is 19.8 Å². The second kappa shape index (κ2) is 6.34. The number of fused-ring (bicyclic) bond motifs is 1. The summed E-state index contributed by atoms with van der Waals surface area (Å²) >= 11 is 12.6. The first kappa shape index (κ1) is 16.0. The van der Waals surface area contributed by atoms with E-state index in [0.29, 0.717) is 10.0 Å². The summed E-state index contributed by atoms with van der Waals surface area (Å²) in [5, 5.41) is 1.26. The molecule has 2 aromatic rings. The monoisotopic (exact) mass is 345 g/mol. The fourth-order valence-corrected chi connectivity index (χ4v) is 3.37. The van der Waals surface area contributed by atoms with Gasteiger partial charge in [0.2, 0.25) is 0 Å². The van der Waals surface area contributed by atoms with Crippen LogP contribution in [0.3, 0.4) is 0 Å². The number of hydrogen-bond donors (Lipinski definition) is 0. The normalized spacial score (nSPS) is 15.7. The Kier molecular flexibility index (Phi) is 4.42. The van der Waals surface area contributed by atoms with Crippen LogP contribution in [0.2, 0.25) is 10.0 Å². The summed E-state index contributed by atoms with van der Waals surface area (Å²) in [7, 11) is 1.81. The van der Waals surface area contributed by atoms with Crippen LogP contribution in [0.25, 0.3) is 11.1 Å². The summed E-state index contributed by atoms with van der Waals surface area (Å²) in [5.74, 6) is 1.01. The average Bonchev–Trinajstić information content (AvgIpc) is 2.52. The lowest BCUT2D eigenvalue weighted by atomic mass is 9.95. The van der Waals surface area contributed by atoms with Gasteiger partial charge in [-0.1, -0.05) is 29.8 Å². The van der Waals surface area contributed by atoms with E-state index in [0.717, 1.165) is 41.2 Å². The van der Waals surface area contributed by atoms with E-state index in [1.165, 1.54) is 5.56 Å². The number of aliphatic imine (C=N–C) groups is 1. The molecule has 1 aliphatic rings. The number of allylic oxidation sites excluding steroid dienone is 1. The van der Waals surface area contributed by atoms with Gasteiger partial charge in [0.1, 0.15) is 5.84 Å². The van der Waals surface area contributed by atoms with Crippen molar-refractivity contribution >= 4 is 34.7 Å². The maximum Gasteiger partial charge on any atom is 0.108 e. The van der Waals surface area contributed by atoms with Crippen LogP contribution in [-0.2, 0) is 6.42 Å². The number of benzene rings is 1. The SMILES string of the molecule is C=C(C)N1C(=NC)CCc2cc(-c3cncc(Cl)c3)c(Cl)cc21. The van der Waals surface area contributed by atoms with Gasteiger partial charge >= 0.3 is 0 Å². The lowest BCUT2D eigenvalue weighted by Gasteiger charge is -2.33. The second-order valence-electron chi connectivity index (χ2n) is 5.56. The summed E-state index contributed by atoms with van der Waals surface area (Å²) in [6.07, 6.45) is 5.19. The Labute approximate surface area is 146 Å². The first-order chi connectivity index (χ1) is 11.0. The second-order valence-corrected chi connectivity index (χ2v) is 6.41. The molecule has 0 N–H and O–H groups in total. The Morgan fingerprint density at radius 1 is 1.22 bits per heavy atom. The summed E-state index contributed by atoms with van der Waals surface area (Å²) < 4.78 is 0. The maximum absolute atomic E-state index is 6.54. The van der Waals surface area contributed by atoms with Gasteiger partial charge in [-0.15, -0.1) is 0 Å². The largest absolute Gasteiger partial charge is 0.303 e. The minimum absolute atomic E-state index is 0.597. The number of hydrogen-bond acceptors (Lipinski definition) is 2. The van der Waals surface area contributed by atoms with Gasteiger partial charge < -0.3 is 4.90 Å². The third kappa shape index (κ3) is 2.99. The molecule has 0 saturated carbocycles. The molecule has 0 atom stereocenters. The fourth-order valence-electron chi connectivity index (χ4n) is 2.93. The zero-order chi connectivity index (χ0) is 16.6. The number of anilines is 1. The van der Waals surface area contributed by atoms with Crippen molar-refractivity contribution < 1.29 is 0 Å². The number of aromatic nitrogens is 1. The number of pyridine rings is 1. The van der Waals surface area contributed by atoms with Crippen molar-refractivity contribution in [3.05, 3.63) is 58.5 Å². The van der Waals surface area contributed by atoms with Crippen LogP contribution in [0.5, 0.6) is 0 Å². The summed E-state index contributed by atoms with van der Waals surface area (Å²) in [4.78, 5) is 10.6. The van der Waals surface area contributed by atoms with Crippen molar-refractivity contribution in [2.24, 2.45) is 4.99 Å². The van der Waals surface area contributed by atoms with Crippen LogP contribution in [0, 0.1) is 0 Å². The van der Waals surface area contributed by atoms with Crippen LogP contribution in [-0.4, -0.2) is 17.9 Å². The molecule has 3 nitrogen and oxygen atoms in total. The van der Waals surface area contributed by atoms with Gasteiger partial charge in [0, 0.05) is 42.7 Å². The van der Waals surface area contributed by atoms with Crippen LogP contribution < -0.4 is 4.90 Å². The molecule has 0 amide bonds. The van der Waals surface area contributed by atoms with E-state index in [9.17, 15) is 0 Å². The molecule has 118 valence electrons. The van der Waals surface area contributed by atoms with E-state index < -0.39 is 0 Å². The molecule has 5 heteroatoms. The first-order valence-corrected chi connectivity index (χ1v) is 8.11. The van der Waals surface area contributed by atoms with Crippen LogP contribution >= 0.6 is 23.2 Å². The topological polar surface area (TPSA) is 28.5 Å². The molecule has 0 fully saturated rings. The lowest BCUT2D eigenvalue weighted by molar-refractivity contribution is 0.948. The highest BCUT2D eigenvalue weighted by Crippen LogP contribution is 2.39. The number of nitrogens with zero attached hydrogens (tertiary/aromatic N) is 3. The predicted molar refractivity (Wildman–Crippen MR) is 98.7 cm³/mol. The van der Waals surface area contributed by atoms with E-state index in [4.69, 9.17) is 23.2 Å². The lowest BCUT2D eigenvalue weighted by Crippen LogP contribution is -2.33. The van der Waals surface area contributed by atoms with Crippen LogP contribution in [0.15, 0.2) is 47.9 Å². The van der Waals surface area contributed by atoms with Gasteiger partial charge in [0.05, 0.1) is 15.7 Å². The van der Waals surface area contributed by atoms with Gasteiger partial charge in [0.15, 0.2) is 0 Å². The molecule has 0 aliphatic carbocycles. The average molecular weight is 346 g/mol. The van der Waals surface area contributed by atoms with Gasteiger partial charge in [-0.2, -0.15) is 0 Å². The third-order valence-corrected chi connectivity index (χ3v) is 4.46. The molecule has 2 heterocycles. The van der Waals surface area contributed by atoms with E-state index in [1.807, 2.05) is 26.1 Å². The predicted octanol–water partition coefficient (Wildman–Crippen LogP) is 5.37. The highest BCUT2D eigenvalue weighted by atomic mass is 35.5. The van der Waals surface area contributed by atoms with Crippen molar-refractivity contribution in [1.82, 2.24) is 4.98 Å². The molecule has 0 unspecified atom stereocenters. The Morgan fingerprint density at radius 3 is 2.65 bits per heavy atom. The Hall–Kier alpha value is -1.84. The molecule has 0 bridgehead atoms. The zero-order valence-corrected chi connectivity index (χ0v) is 14.6. The molecule has 3 rings (SSSR count). The zero-order valence-electron chi connectivity index (χ0n) is 13.1. The quantitative estimate of drug-likeness (QED) is 0.731. The fraction of sp³-hybridized carbons (Fsp3) is 0.222. The number of aryl methyl sites for hydroxylation is 1. The van der Waals surface area contributed by atoms with Crippen molar-refractivity contribution in [2.75, 3.05) is 11.9 Å². The van der Waals surface area contributed by atoms with Gasteiger partial charge in [-0.25, -0.2) is 0 Å². The Morgan fingerprint density at radius 2 is 2.00 bits per heavy atom. The number of halogens is 2. The first-order valence-electron chi connectivity index (χ1n) is 7.36. The minimum atomic E-state index is 0.597. The van der Waals surface area contributed by atoms with Crippen molar-refractivity contribution in [3.63, 3.8) is 0 Å². The summed E-state index contributed by atoms with van der Waals surface area (Å²) in [6.45, 7) is 6.05. The van der Waals surface area contributed by atoms with Crippen molar-refractivity contribution in [3.8, 4) is 11.1 Å². The van der Waals surface area contributed by atoms with E-state index in [2.05, 4.69) is 27.5 Å². The number of amidine groups is 1. The summed E-state index contributed by atoms with van der Waals surface area (Å²) in [6, 6.07) is 5.97. The van der Waals surface area contributed by atoms with Crippen LogP contribution in [0.4, 0.5) is 5.69 Å². The molecule has 23 heavy (non-hydrogen) atoms. The Bertz CT molecular complexity index is 812. The maximum atomic E-state index is 6.54. The van der Waals surface area contributed by atoms with E-state index in [1.54, 1.807) is 12.4 Å². The molecular weight excluding hydrogens is 329 g/mol. The smallest absolute Gasteiger partial charge is 0.108 e. The standard InChI is InChI=1S/C18H17Cl2N3/c1-11(2)23-17-8-16(20)15(13-6-14(19)10-22-9-13)7-12(17)4-5-18(23)21-3/h6-10H,1,4-5H2,2-3H3. The van der Waals surface area contributed by atoms with E-state index >= 15 is 0 Å². The minimum Gasteiger partial charge on any atom is -0.303 e. The van der Waals surface area contributed by atoms with Crippen LogP contribution in [0.1, 0.15) is 18.9 Å². The molecule has 1 aromatic carbocycles. The van der Waals surface area contributed by atoms with Crippen molar-refractivity contribution in [1.29, 1.82) is 0 Å². The highest BCUT2D eigenvalue weighted by molar-refractivity contribution is 6.34. The van der Waals surface area contributed by atoms with Gasteiger partial charge in [-0.3, -0.25) is 9.98 Å². The third-order valence-electron chi connectivity index (χ3n) is 3.94. The molecule has 0 radical (unpaired) electrons. The summed E-state index contributed by atoms with van der Waals surface area (Å²) in [5.41, 5.74) is 5.06. The number of rotatable bonds is 2. The Balaban J connectivity index is 2.15. The van der Waals surface area contributed by atoms with Gasteiger partial charge in [0.25, 0.3) is 0 Å². The highest BCUT2D eigenvalue weighted by Gasteiger charge is 2.24. The van der Waals surface area contributed by atoms with E-state index in [-0.39, 0.29) is 0 Å².